The topological polar surface area (TPSA) is 4.93 Å². The quantitative estimate of drug-likeness (QED) is 0.0343. The van der Waals surface area contributed by atoms with Crippen LogP contribution >= 0.6 is 22.7 Å². The van der Waals surface area contributed by atoms with E-state index in [1.165, 1.54) is 270 Å². The van der Waals surface area contributed by atoms with Crippen LogP contribution in [0, 0.1) is 0 Å². The van der Waals surface area contributed by atoms with E-state index in [1.54, 1.807) is 64.9 Å². The van der Waals surface area contributed by atoms with Gasteiger partial charge >= 0.3 is 0 Å². The molecule has 2 aromatic carbocycles. The average Bonchev–Trinajstić information content (AvgIpc) is 4.25. The molecule has 1 nitrogen and oxygen atoms in total. The van der Waals surface area contributed by atoms with E-state index in [4.69, 9.17) is 0 Å². The third-order valence-corrected chi connectivity index (χ3v) is 20.8. The van der Waals surface area contributed by atoms with Gasteiger partial charge in [0, 0.05) is 37.4 Å². The maximum Gasteiger partial charge on any atom is 0.0500 e. The Morgan fingerprint density at radius 1 is 0.338 bits per heavy atom. The second-order valence-electron chi connectivity index (χ2n) is 24.5. The van der Waals surface area contributed by atoms with Crippen molar-refractivity contribution in [3.8, 4) is 20.9 Å². The highest BCUT2D eigenvalue weighted by molar-refractivity contribution is 7.14. The number of hydrogen-bond donors (Lipinski definition) is 0. The van der Waals surface area contributed by atoms with Crippen molar-refractivity contribution in [2.75, 3.05) is 0 Å². The van der Waals surface area contributed by atoms with Crippen molar-refractivity contribution in [2.24, 2.45) is 0 Å². The molecular formula is C71H111NS2. The van der Waals surface area contributed by atoms with E-state index in [9.17, 15) is 0 Å². The number of unbranched alkanes of at least 4 members (excludes halogenated alkanes) is 30. The van der Waals surface area contributed by atoms with Crippen molar-refractivity contribution in [3.63, 3.8) is 0 Å². The summed E-state index contributed by atoms with van der Waals surface area (Å²) in [5, 5.41) is 8.12. The van der Waals surface area contributed by atoms with Crippen LogP contribution in [0.1, 0.15) is 340 Å². The van der Waals surface area contributed by atoms with Crippen molar-refractivity contribution >= 4 is 44.5 Å². The van der Waals surface area contributed by atoms with Gasteiger partial charge in [-0.15, -0.1) is 22.7 Å². The summed E-state index contributed by atoms with van der Waals surface area (Å²) in [5.74, 6) is 0. The van der Waals surface area contributed by atoms with Crippen molar-refractivity contribution in [1.82, 2.24) is 4.57 Å². The first-order chi connectivity index (χ1) is 36.5. The maximum atomic E-state index is 3.02. The van der Waals surface area contributed by atoms with Gasteiger partial charge < -0.3 is 4.57 Å². The highest BCUT2D eigenvalue weighted by atomic mass is 32.1. The molecule has 0 spiro atoms. The minimum atomic E-state index is 0.124. The van der Waals surface area contributed by atoms with Gasteiger partial charge in [0.05, 0.1) is 11.0 Å². The number of fused-ring (bicyclic) bond motifs is 9. The number of nitrogens with zero attached hydrogens (tertiary/aromatic N) is 1. The molecule has 2 aliphatic carbocycles. The first kappa shape index (κ1) is 59.3. The van der Waals surface area contributed by atoms with Crippen LogP contribution < -0.4 is 0 Å². The van der Waals surface area contributed by atoms with E-state index in [1.807, 2.05) is 0 Å². The normalized spacial score (nSPS) is 14.3. The summed E-state index contributed by atoms with van der Waals surface area (Å²) in [6.07, 6.45) is 57.3. The molecule has 2 aliphatic rings. The van der Waals surface area contributed by atoms with Gasteiger partial charge in [-0.2, -0.15) is 0 Å². The Kier molecular flexibility index (Phi) is 25.6. The van der Waals surface area contributed by atoms with Crippen LogP contribution in [0.2, 0.25) is 0 Å². The first-order valence-corrected chi connectivity index (χ1v) is 34.6. The molecule has 0 bridgehead atoms. The highest BCUT2D eigenvalue weighted by Gasteiger charge is 2.46. The van der Waals surface area contributed by atoms with E-state index in [2.05, 4.69) is 116 Å². The van der Waals surface area contributed by atoms with Gasteiger partial charge in [-0.05, 0) is 119 Å². The molecule has 0 amide bonds. The molecule has 0 saturated heterocycles. The van der Waals surface area contributed by atoms with Gasteiger partial charge in [0.1, 0.15) is 0 Å². The lowest BCUT2D eigenvalue weighted by Crippen LogP contribution is -2.25. The molecule has 412 valence electrons. The Labute approximate surface area is 464 Å². The molecule has 3 aromatic heterocycles. The van der Waals surface area contributed by atoms with Crippen LogP contribution in [0.25, 0.3) is 42.7 Å². The molecule has 3 heterocycles. The molecule has 0 fully saturated rings. The van der Waals surface area contributed by atoms with Crippen molar-refractivity contribution in [3.05, 3.63) is 69.4 Å². The van der Waals surface area contributed by atoms with E-state index in [0.29, 0.717) is 6.04 Å². The predicted molar refractivity (Wildman–Crippen MR) is 335 cm³/mol. The largest absolute Gasteiger partial charge is 0.337 e. The Morgan fingerprint density at radius 3 is 0.932 bits per heavy atom. The minimum Gasteiger partial charge on any atom is -0.337 e. The van der Waals surface area contributed by atoms with Gasteiger partial charge in [-0.3, -0.25) is 0 Å². The summed E-state index contributed by atoms with van der Waals surface area (Å²) >= 11 is 4.13. The number of rotatable bonds is 43. The molecule has 0 unspecified atom stereocenters. The lowest BCUT2D eigenvalue weighted by molar-refractivity contribution is 0.398. The Balaban J connectivity index is 1.40. The van der Waals surface area contributed by atoms with Gasteiger partial charge in [-0.1, -0.05) is 273 Å². The third kappa shape index (κ3) is 14.7. The second-order valence-corrected chi connectivity index (χ2v) is 26.4. The molecule has 0 N–H and O–H groups in total. The van der Waals surface area contributed by atoms with Gasteiger partial charge in [0.2, 0.25) is 0 Å². The average molecular weight is 1040 g/mol. The second kappa shape index (κ2) is 31.9. The molecule has 74 heavy (non-hydrogen) atoms. The summed E-state index contributed by atoms with van der Waals surface area (Å²) < 4.78 is 3.02. The highest BCUT2D eigenvalue weighted by Crippen LogP contribution is 2.60. The number of thiophene rings is 2. The molecule has 0 atom stereocenters. The summed E-state index contributed by atoms with van der Waals surface area (Å²) in [4.78, 5) is 3.23. The van der Waals surface area contributed by atoms with E-state index >= 15 is 0 Å². The molecule has 5 aromatic rings. The van der Waals surface area contributed by atoms with Gasteiger partial charge in [-0.25, -0.2) is 0 Å². The standard InChI is InChI=1S/C71H111NS2/c1-7-13-19-25-31-37-43-57(44-38-32-26-20-14-8-2)72-66-55-60-64(70(62-45-51-73-68(60)62,47-39-33-27-21-15-9-3)48-40-34-28-22-16-10-4)53-58(66)59-54-65-61(56-67(59)72)69-63(46-52-74-69)71(65,49-41-35-29-23-17-11-5)50-42-36-30-24-18-12-6/h45-46,51-57H,7-44,47-50H2,1-6H3. The molecule has 0 aliphatic heterocycles. The number of benzene rings is 2. The first-order valence-electron chi connectivity index (χ1n) is 32.9. The smallest absolute Gasteiger partial charge is 0.0500 e. The molecule has 7 rings (SSSR count). The van der Waals surface area contributed by atoms with Crippen LogP contribution in [0.5, 0.6) is 0 Å². The fourth-order valence-corrected chi connectivity index (χ4v) is 16.7. The van der Waals surface area contributed by atoms with E-state index < -0.39 is 0 Å². The van der Waals surface area contributed by atoms with Crippen LogP contribution in [0.4, 0.5) is 0 Å². The van der Waals surface area contributed by atoms with Crippen molar-refractivity contribution in [2.45, 2.75) is 328 Å². The molecule has 3 heteroatoms. The summed E-state index contributed by atoms with van der Waals surface area (Å²) in [6.45, 7) is 14.2. The zero-order valence-electron chi connectivity index (χ0n) is 49.2. The van der Waals surface area contributed by atoms with Gasteiger partial charge in [0.25, 0.3) is 0 Å². The lowest BCUT2D eigenvalue weighted by Gasteiger charge is -2.33. The van der Waals surface area contributed by atoms with Gasteiger partial charge in [0.15, 0.2) is 0 Å². The summed E-state index contributed by atoms with van der Waals surface area (Å²) in [7, 11) is 0. The zero-order chi connectivity index (χ0) is 51.9. The zero-order valence-corrected chi connectivity index (χ0v) is 50.8. The van der Waals surface area contributed by atoms with E-state index in [0.717, 1.165) is 0 Å². The van der Waals surface area contributed by atoms with Crippen molar-refractivity contribution in [1.29, 1.82) is 0 Å². The third-order valence-electron chi connectivity index (χ3n) is 18.9. The van der Waals surface area contributed by atoms with Crippen LogP contribution in [0.15, 0.2) is 47.2 Å². The lowest BCUT2D eigenvalue weighted by atomic mass is 9.70. The molecule has 0 radical (unpaired) electrons. The van der Waals surface area contributed by atoms with Crippen LogP contribution in [0.3, 0.4) is 0 Å². The summed E-state index contributed by atoms with van der Waals surface area (Å²) in [5.41, 5.74) is 13.4. The van der Waals surface area contributed by atoms with Crippen LogP contribution in [-0.2, 0) is 10.8 Å². The number of aromatic nitrogens is 1. The molecular weight excluding hydrogens is 931 g/mol. The SMILES string of the molecule is CCCCCCCCC(CCCCCCCC)n1c2cc3c(cc2c2cc4c(cc21)-c1sccc1C4(CCCCCCCC)CCCCCCCC)C(CCCCCCCC)(CCCCCCCC)c1ccsc1-3. The fraction of sp³-hybridized carbons (Fsp3) is 0.718. The predicted octanol–water partition coefficient (Wildman–Crippen LogP) is 25.5. The summed E-state index contributed by atoms with van der Waals surface area (Å²) in [6, 6.07) is 17.2. The molecule has 0 saturated carbocycles. The maximum absolute atomic E-state index is 3.02. The minimum absolute atomic E-state index is 0.124. The Morgan fingerprint density at radius 2 is 0.622 bits per heavy atom. The van der Waals surface area contributed by atoms with Crippen LogP contribution in [-0.4, -0.2) is 4.57 Å². The Bertz CT molecular complexity index is 2140. The Hall–Kier alpha value is -2.36. The monoisotopic (exact) mass is 1040 g/mol. The van der Waals surface area contributed by atoms with E-state index in [-0.39, 0.29) is 10.8 Å². The van der Waals surface area contributed by atoms with Crippen molar-refractivity contribution < 1.29 is 0 Å². The fourth-order valence-electron chi connectivity index (χ4n) is 14.7. The number of hydrogen-bond acceptors (Lipinski definition) is 2.